The van der Waals surface area contributed by atoms with Crippen molar-refractivity contribution in [3.05, 3.63) is 17.0 Å². The van der Waals surface area contributed by atoms with Crippen LogP contribution in [0.3, 0.4) is 0 Å². The topological polar surface area (TPSA) is 76.7 Å². The molecule has 1 N–H and O–H groups in total. The molecule has 6 nitrogen and oxygen atoms in total. The minimum atomic E-state index is -0.283. The van der Waals surface area contributed by atoms with E-state index in [1.807, 2.05) is 5.38 Å². The Balaban J connectivity index is 1.94. The van der Waals surface area contributed by atoms with Gasteiger partial charge in [0.25, 0.3) is 0 Å². The zero-order valence-corrected chi connectivity index (χ0v) is 9.42. The van der Waals surface area contributed by atoms with Crippen LogP contribution in [0.1, 0.15) is 23.9 Å². The molecule has 2 aromatic heterocycles. The molecule has 0 saturated heterocycles. The quantitative estimate of drug-likeness (QED) is 0.829. The number of hydrogen-bond donors (Lipinski definition) is 1. The van der Waals surface area contributed by atoms with Crippen molar-refractivity contribution in [3.63, 3.8) is 0 Å². The average Bonchev–Trinajstić information content (AvgIpc) is 2.86. The lowest BCUT2D eigenvalue weighted by Crippen LogP contribution is -1.99. The Morgan fingerprint density at radius 1 is 1.53 bits per heavy atom. The van der Waals surface area contributed by atoms with Crippen molar-refractivity contribution in [2.45, 2.75) is 18.8 Å². The maximum absolute atomic E-state index is 5.77. The van der Waals surface area contributed by atoms with E-state index in [-0.39, 0.29) is 5.38 Å². The number of rotatable bonds is 4. The number of anilines is 1. The third kappa shape index (κ3) is 2.63. The van der Waals surface area contributed by atoms with Crippen LogP contribution in [0.2, 0.25) is 0 Å². The maximum atomic E-state index is 5.77. The van der Waals surface area contributed by atoms with E-state index in [1.165, 1.54) is 11.5 Å². The molecule has 15 heavy (non-hydrogen) atoms. The Morgan fingerprint density at radius 2 is 2.40 bits per heavy atom. The minimum absolute atomic E-state index is 0.283. The van der Waals surface area contributed by atoms with Crippen LogP contribution in [0.5, 0.6) is 0 Å². The summed E-state index contributed by atoms with van der Waals surface area (Å²) in [4.78, 5) is 0. The lowest BCUT2D eigenvalue weighted by Gasteiger charge is -1.96. The van der Waals surface area contributed by atoms with E-state index < -0.39 is 0 Å². The normalized spacial score (nSPS) is 12.7. The Hall–Kier alpha value is -1.21. The molecule has 8 heteroatoms. The van der Waals surface area contributed by atoms with E-state index >= 15 is 0 Å². The van der Waals surface area contributed by atoms with Gasteiger partial charge >= 0.3 is 6.01 Å². The fourth-order valence-corrected chi connectivity index (χ4v) is 1.43. The third-order valence-electron chi connectivity index (χ3n) is 1.61. The first-order valence-electron chi connectivity index (χ1n) is 4.23. The van der Waals surface area contributed by atoms with Gasteiger partial charge in [-0.25, -0.2) is 0 Å². The van der Waals surface area contributed by atoms with Crippen molar-refractivity contribution >= 4 is 29.1 Å². The summed E-state index contributed by atoms with van der Waals surface area (Å²) in [6, 6.07) is 0.338. The van der Waals surface area contributed by atoms with Crippen LogP contribution in [0.25, 0.3) is 0 Å². The van der Waals surface area contributed by atoms with Crippen LogP contribution < -0.4 is 5.32 Å². The minimum Gasteiger partial charge on any atom is -0.406 e. The Bertz CT molecular complexity index is 415. The number of alkyl halides is 1. The zero-order valence-electron chi connectivity index (χ0n) is 7.85. The average molecular weight is 246 g/mol. The molecule has 0 fully saturated rings. The van der Waals surface area contributed by atoms with Crippen molar-refractivity contribution in [2.75, 3.05) is 5.32 Å². The summed E-state index contributed by atoms with van der Waals surface area (Å²) in [5.74, 6) is 0.399. The van der Waals surface area contributed by atoms with Crippen LogP contribution in [0.15, 0.2) is 9.80 Å². The van der Waals surface area contributed by atoms with Crippen LogP contribution in [-0.2, 0) is 6.54 Å². The maximum Gasteiger partial charge on any atom is 0.315 e. The Labute approximate surface area is 94.8 Å². The molecule has 2 aromatic rings. The second-order valence-corrected chi connectivity index (χ2v) is 4.08. The van der Waals surface area contributed by atoms with Gasteiger partial charge in [-0.05, 0) is 18.5 Å². The second kappa shape index (κ2) is 4.54. The smallest absolute Gasteiger partial charge is 0.315 e. The molecular weight excluding hydrogens is 238 g/mol. The van der Waals surface area contributed by atoms with Gasteiger partial charge in [-0.1, -0.05) is 9.59 Å². The largest absolute Gasteiger partial charge is 0.406 e. The van der Waals surface area contributed by atoms with Crippen LogP contribution in [-0.4, -0.2) is 19.8 Å². The highest BCUT2D eigenvalue weighted by Gasteiger charge is 2.10. The van der Waals surface area contributed by atoms with E-state index in [1.54, 1.807) is 6.92 Å². The molecular formula is C7H8ClN5OS. The zero-order chi connectivity index (χ0) is 10.7. The fraction of sp³-hybridized carbons (Fsp3) is 0.429. The third-order valence-corrected chi connectivity index (χ3v) is 2.35. The van der Waals surface area contributed by atoms with Crippen LogP contribution in [0, 0.1) is 0 Å². The van der Waals surface area contributed by atoms with Crippen LogP contribution in [0.4, 0.5) is 6.01 Å². The first kappa shape index (κ1) is 10.3. The Kier molecular flexibility index (Phi) is 3.12. The molecule has 80 valence electrons. The first-order valence-corrected chi connectivity index (χ1v) is 5.50. The van der Waals surface area contributed by atoms with Crippen molar-refractivity contribution in [2.24, 2.45) is 0 Å². The van der Waals surface area contributed by atoms with Gasteiger partial charge in [-0.15, -0.1) is 21.8 Å². The monoisotopic (exact) mass is 245 g/mol. The van der Waals surface area contributed by atoms with Gasteiger partial charge < -0.3 is 9.73 Å². The summed E-state index contributed by atoms with van der Waals surface area (Å²) in [6.07, 6.45) is 0. The molecule has 0 bridgehead atoms. The van der Waals surface area contributed by atoms with Gasteiger partial charge in [-0.3, -0.25) is 0 Å². The van der Waals surface area contributed by atoms with E-state index in [9.17, 15) is 0 Å². The summed E-state index contributed by atoms with van der Waals surface area (Å²) in [7, 11) is 0. The fourth-order valence-electron chi connectivity index (χ4n) is 0.894. The predicted molar refractivity (Wildman–Crippen MR) is 55.8 cm³/mol. The molecule has 0 amide bonds. The van der Waals surface area contributed by atoms with Crippen molar-refractivity contribution < 1.29 is 4.42 Å². The second-order valence-electron chi connectivity index (χ2n) is 2.81. The van der Waals surface area contributed by atoms with Gasteiger partial charge in [0, 0.05) is 5.38 Å². The number of aromatic nitrogens is 4. The summed E-state index contributed by atoms with van der Waals surface area (Å²) >= 11 is 7.07. The van der Waals surface area contributed by atoms with Crippen molar-refractivity contribution in [3.8, 4) is 0 Å². The van der Waals surface area contributed by atoms with Gasteiger partial charge in [0.15, 0.2) is 0 Å². The van der Waals surface area contributed by atoms with Gasteiger partial charge in [0.05, 0.1) is 12.2 Å². The van der Waals surface area contributed by atoms with Crippen molar-refractivity contribution in [1.82, 2.24) is 19.8 Å². The molecule has 0 aromatic carbocycles. The van der Waals surface area contributed by atoms with Crippen LogP contribution >= 0.6 is 23.1 Å². The molecule has 2 heterocycles. The van der Waals surface area contributed by atoms with Gasteiger partial charge in [-0.2, -0.15) is 0 Å². The molecule has 1 atom stereocenters. The Morgan fingerprint density at radius 3 is 3.00 bits per heavy atom. The standard InChI is InChI=1S/C7H8ClN5OS/c1-4(8)6-11-12-7(14-6)9-2-5-3-15-13-10-5/h3-4H,2H2,1H3,(H,9,12). The number of halogens is 1. The van der Waals surface area contributed by atoms with E-state index in [0.29, 0.717) is 18.5 Å². The predicted octanol–water partition coefficient (Wildman–Crippen LogP) is 1.83. The summed E-state index contributed by atoms with van der Waals surface area (Å²) in [5, 5.41) is 15.9. The summed E-state index contributed by atoms with van der Waals surface area (Å²) < 4.78 is 8.97. The van der Waals surface area contributed by atoms with E-state index in [0.717, 1.165) is 5.69 Å². The molecule has 1 unspecified atom stereocenters. The number of nitrogens with zero attached hydrogens (tertiary/aromatic N) is 4. The highest BCUT2D eigenvalue weighted by molar-refractivity contribution is 7.03. The van der Waals surface area contributed by atoms with E-state index in [2.05, 4.69) is 25.1 Å². The lowest BCUT2D eigenvalue weighted by molar-refractivity contribution is 0.505. The molecule has 0 saturated carbocycles. The molecule has 0 radical (unpaired) electrons. The molecule has 0 spiro atoms. The summed E-state index contributed by atoms with van der Waals surface area (Å²) in [6.45, 7) is 2.28. The van der Waals surface area contributed by atoms with E-state index in [4.69, 9.17) is 16.0 Å². The highest BCUT2D eigenvalue weighted by Crippen LogP contribution is 2.19. The SMILES string of the molecule is CC(Cl)c1nnc(NCc2csnn2)o1. The molecule has 0 aliphatic heterocycles. The number of hydrogen-bond acceptors (Lipinski definition) is 7. The van der Waals surface area contributed by atoms with Crippen molar-refractivity contribution in [1.29, 1.82) is 0 Å². The lowest BCUT2D eigenvalue weighted by atomic mass is 10.5. The van der Waals surface area contributed by atoms with Gasteiger partial charge in [0.1, 0.15) is 5.38 Å². The molecule has 0 aliphatic rings. The summed E-state index contributed by atoms with van der Waals surface area (Å²) in [5.41, 5.74) is 0.832. The molecule has 2 rings (SSSR count). The molecule has 0 aliphatic carbocycles. The van der Waals surface area contributed by atoms with Gasteiger partial charge in [0.2, 0.25) is 5.89 Å². The number of nitrogens with one attached hydrogen (secondary N) is 1. The first-order chi connectivity index (χ1) is 7.25. The highest BCUT2D eigenvalue weighted by atomic mass is 35.5.